The molecule has 210 valence electrons. The van der Waals surface area contributed by atoms with Crippen molar-refractivity contribution in [2.75, 3.05) is 85.1 Å². The lowest BCUT2D eigenvalue weighted by molar-refractivity contribution is -0.124. The van der Waals surface area contributed by atoms with Crippen LogP contribution in [-0.4, -0.2) is 114 Å². The van der Waals surface area contributed by atoms with E-state index < -0.39 is 11.1 Å². The van der Waals surface area contributed by atoms with E-state index in [9.17, 15) is 14.4 Å². The first kappa shape index (κ1) is 31.0. The van der Waals surface area contributed by atoms with Gasteiger partial charge in [0.1, 0.15) is 0 Å². The van der Waals surface area contributed by atoms with E-state index in [1.54, 1.807) is 6.92 Å². The number of carbonyl (C=O) groups excluding carboxylic acids is 3. The zero-order valence-corrected chi connectivity index (χ0v) is 22.3. The molecule has 0 aromatic heterocycles. The van der Waals surface area contributed by atoms with Crippen LogP contribution in [0.4, 0.5) is 0 Å². The first-order valence-electron chi connectivity index (χ1n) is 13.4. The molecule has 0 spiro atoms. The van der Waals surface area contributed by atoms with E-state index in [0.717, 1.165) is 19.6 Å². The highest BCUT2D eigenvalue weighted by Gasteiger charge is 2.33. The number of hydrogen-bond donors (Lipinski definition) is 9. The SMILES string of the molecule is C#CCCNC(=O)CCCC(=O)NC12CNCCNCC(NC(C)=O)(CNCCNC1)CNCCNC2. The highest BCUT2D eigenvalue weighted by atomic mass is 16.2. The summed E-state index contributed by atoms with van der Waals surface area (Å²) < 4.78 is 0. The molecule has 37 heavy (non-hydrogen) atoms. The first-order chi connectivity index (χ1) is 17.9. The quantitative estimate of drug-likeness (QED) is 0.117. The number of fused-ring (bicyclic) bond motifs is 15. The van der Waals surface area contributed by atoms with Crippen LogP contribution in [0.3, 0.4) is 0 Å². The van der Waals surface area contributed by atoms with Crippen molar-refractivity contribution in [3.63, 3.8) is 0 Å². The third-order valence-electron chi connectivity index (χ3n) is 6.46. The van der Waals surface area contributed by atoms with Gasteiger partial charge in [-0.1, -0.05) is 0 Å². The molecule has 3 heterocycles. The van der Waals surface area contributed by atoms with Crippen molar-refractivity contribution in [3.05, 3.63) is 0 Å². The van der Waals surface area contributed by atoms with Gasteiger partial charge in [-0.3, -0.25) is 14.4 Å². The van der Waals surface area contributed by atoms with E-state index in [1.165, 1.54) is 0 Å². The van der Waals surface area contributed by atoms with Crippen molar-refractivity contribution in [2.24, 2.45) is 0 Å². The molecule has 3 fully saturated rings. The summed E-state index contributed by atoms with van der Waals surface area (Å²) in [6.07, 6.45) is 6.76. The lowest BCUT2D eigenvalue weighted by Gasteiger charge is -2.38. The number of amides is 3. The zero-order chi connectivity index (χ0) is 26.8. The summed E-state index contributed by atoms with van der Waals surface area (Å²) in [6, 6.07) is 0. The van der Waals surface area contributed by atoms with Crippen LogP contribution < -0.4 is 47.9 Å². The van der Waals surface area contributed by atoms with Gasteiger partial charge in [0, 0.05) is 111 Å². The number of rotatable bonds is 8. The van der Waals surface area contributed by atoms with Gasteiger partial charge in [0.05, 0.1) is 11.1 Å². The summed E-state index contributed by atoms with van der Waals surface area (Å²) in [5.41, 5.74) is -0.962. The van der Waals surface area contributed by atoms with Gasteiger partial charge in [-0.2, -0.15) is 0 Å². The first-order valence-corrected chi connectivity index (χ1v) is 13.4. The zero-order valence-electron chi connectivity index (χ0n) is 22.3. The molecular weight excluding hydrogens is 474 g/mol. The molecule has 3 rings (SSSR count). The second-order valence-corrected chi connectivity index (χ2v) is 10.0. The average Bonchev–Trinajstić information content (AvgIpc) is 2.85. The molecule has 2 bridgehead atoms. The summed E-state index contributed by atoms with van der Waals surface area (Å²) in [7, 11) is 0. The molecule has 0 saturated carbocycles. The van der Waals surface area contributed by atoms with Gasteiger partial charge in [-0.15, -0.1) is 12.3 Å². The third kappa shape index (κ3) is 12.7. The highest BCUT2D eigenvalue weighted by Crippen LogP contribution is 2.06. The normalized spacial score (nSPS) is 26.2. The van der Waals surface area contributed by atoms with Gasteiger partial charge in [-0.05, 0) is 6.42 Å². The second-order valence-electron chi connectivity index (χ2n) is 10.0. The van der Waals surface area contributed by atoms with Gasteiger partial charge >= 0.3 is 0 Å². The Balaban J connectivity index is 2.02. The van der Waals surface area contributed by atoms with Crippen molar-refractivity contribution in [2.45, 2.75) is 43.7 Å². The Bertz CT molecular complexity index is 713. The Hall–Kier alpha value is -2.27. The molecule has 3 aliphatic rings. The fourth-order valence-electron chi connectivity index (χ4n) is 4.64. The Morgan fingerprint density at radius 1 is 0.703 bits per heavy atom. The van der Waals surface area contributed by atoms with Crippen molar-refractivity contribution in [1.82, 2.24) is 47.9 Å². The lowest BCUT2D eigenvalue weighted by atomic mass is 9.97. The molecule has 0 unspecified atom stereocenters. The predicted molar refractivity (Wildman–Crippen MR) is 145 cm³/mol. The smallest absolute Gasteiger partial charge is 0.220 e. The van der Waals surface area contributed by atoms with Crippen molar-refractivity contribution >= 4 is 17.7 Å². The third-order valence-corrected chi connectivity index (χ3v) is 6.46. The van der Waals surface area contributed by atoms with E-state index in [1.807, 2.05) is 0 Å². The molecule has 12 nitrogen and oxygen atoms in total. The molecule has 0 aliphatic carbocycles. The molecular formula is C25H47N9O3. The monoisotopic (exact) mass is 521 g/mol. The maximum atomic E-state index is 12.9. The summed E-state index contributed by atoms with van der Waals surface area (Å²) in [6.45, 7) is 9.99. The number of hydrogen-bond acceptors (Lipinski definition) is 9. The maximum absolute atomic E-state index is 12.9. The molecule has 0 aromatic rings. The van der Waals surface area contributed by atoms with Crippen LogP contribution in [0.25, 0.3) is 0 Å². The van der Waals surface area contributed by atoms with Gasteiger partial charge in [-0.25, -0.2) is 0 Å². The van der Waals surface area contributed by atoms with E-state index in [-0.39, 0.29) is 24.1 Å². The summed E-state index contributed by atoms with van der Waals surface area (Å²) >= 11 is 0. The molecule has 9 N–H and O–H groups in total. The molecule has 3 aliphatic heterocycles. The molecule has 3 saturated heterocycles. The van der Waals surface area contributed by atoms with Crippen LogP contribution in [0.2, 0.25) is 0 Å². The Morgan fingerprint density at radius 3 is 1.51 bits per heavy atom. The Kier molecular flexibility index (Phi) is 14.5. The lowest BCUT2D eigenvalue weighted by Crippen LogP contribution is -2.68. The van der Waals surface area contributed by atoms with Gasteiger partial charge in [0.2, 0.25) is 17.7 Å². The highest BCUT2D eigenvalue weighted by molar-refractivity contribution is 5.79. The molecule has 3 amide bonds. The van der Waals surface area contributed by atoms with Crippen LogP contribution in [0, 0.1) is 12.3 Å². The minimum atomic E-state index is -0.527. The van der Waals surface area contributed by atoms with E-state index in [2.05, 4.69) is 53.8 Å². The van der Waals surface area contributed by atoms with Gasteiger partial charge in [0.25, 0.3) is 0 Å². The van der Waals surface area contributed by atoms with E-state index >= 15 is 0 Å². The van der Waals surface area contributed by atoms with Crippen molar-refractivity contribution in [1.29, 1.82) is 0 Å². The Morgan fingerprint density at radius 2 is 1.11 bits per heavy atom. The van der Waals surface area contributed by atoms with Crippen LogP contribution in [0.1, 0.15) is 32.6 Å². The molecule has 0 atom stereocenters. The molecule has 0 radical (unpaired) electrons. The number of nitrogens with one attached hydrogen (secondary N) is 9. The number of carbonyl (C=O) groups is 3. The minimum absolute atomic E-state index is 0.0490. The van der Waals surface area contributed by atoms with E-state index in [4.69, 9.17) is 6.42 Å². The average molecular weight is 522 g/mol. The van der Waals surface area contributed by atoms with Crippen LogP contribution in [-0.2, 0) is 14.4 Å². The van der Waals surface area contributed by atoms with Crippen molar-refractivity contribution < 1.29 is 14.4 Å². The summed E-state index contributed by atoms with van der Waals surface area (Å²) in [5.74, 6) is 2.28. The standard InChI is InChI=1S/C25H47N9O3/c1-3-4-8-32-22(36)6-5-7-23(37)34-25-18-29-12-9-26-15-24(33-21(2)35,16-27-10-13-30-19-25)17-28-11-14-31-20-25/h1,26-31H,4-20H2,2H3,(H,32,36)(H,33,35)(H,34,37). The maximum Gasteiger partial charge on any atom is 0.220 e. The largest absolute Gasteiger partial charge is 0.355 e. The van der Waals surface area contributed by atoms with E-state index in [0.29, 0.717) is 84.7 Å². The minimum Gasteiger partial charge on any atom is -0.355 e. The molecule has 0 aromatic carbocycles. The topological polar surface area (TPSA) is 159 Å². The van der Waals surface area contributed by atoms with Crippen LogP contribution in [0.15, 0.2) is 0 Å². The fraction of sp³-hybridized carbons (Fsp3) is 0.800. The van der Waals surface area contributed by atoms with Gasteiger partial charge < -0.3 is 47.9 Å². The van der Waals surface area contributed by atoms with Crippen LogP contribution in [0.5, 0.6) is 0 Å². The predicted octanol–water partition coefficient (Wildman–Crippen LogP) is -3.41. The summed E-state index contributed by atoms with van der Waals surface area (Å²) in [4.78, 5) is 36.8. The second kappa shape index (κ2) is 17.3. The van der Waals surface area contributed by atoms with Gasteiger partial charge in [0.15, 0.2) is 0 Å². The molecule has 12 heteroatoms. The fourth-order valence-corrected chi connectivity index (χ4v) is 4.64. The Labute approximate surface area is 221 Å². The summed E-state index contributed by atoms with van der Waals surface area (Å²) in [5, 5.41) is 30.1. The number of terminal acetylenes is 1. The van der Waals surface area contributed by atoms with Crippen LogP contribution >= 0.6 is 0 Å². The van der Waals surface area contributed by atoms with Crippen molar-refractivity contribution in [3.8, 4) is 12.3 Å².